The van der Waals surface area contributed by atoms with Crippen LogP contribution >= 0.6 is 0 Å². The Morgan fingerprint density at radius 2 is 1.91 bits per heavy atom. The van der Waals surface area contributed by atoms with Crippen LogP contribution in [0.3, 0.4) is 0 Å². The molecule has 7 heteroatoms. The minimum absolute atomic E-state index is 0.0559. The quantitative estimate of drug-likeness (QED) is 0.243. The number of hydrogen-bond donors (Lipinski definition) is 4. The summed E-state index contributed by atoms with van der Waals surface area (Å²) in [5.74, 6) is -2.20. The lowest BCUT2D eigenvalue weighted by Crippen LogP contribution is -2.56. The molecule has 0 amide bonds. The van der Waals surface area contributed by atoms with Crippen LogP contribution in [-0.4, -0.2) is 67.6 Å². The molecule has 4 aliphatic rings. The Morgan fingerprint density at radius 3 is 2.55 bits per heavy atom. The fourth-order valence-electron chi connectivity index (χ4n) is 5.02. The maximum Gasteiger partial charge on any atom is 0.334 e. The summed E-state index contributed by atoms with van der Waals surface area (Å²) in [6.45, 7) is 6.64. The first-order valence-electron chi connectivity index (χ1n) is 7.44. The number of hydrogen-bond acceptors (Lipinski definition) is 7. The molecule has 2 aliphatic carbocycles. The first-order valence-corrected chi connectivity index (χ1v) is 7.44. The number of aliphatic hydroxyl groups excluding tert-OH is 2. The van der Waals surface area contributed by atoms with Crippen molar-refractivity contribution in [2.75, 3.05) is 0 Å². The van der Waals surface area contributed by atoms with E-state index in [1.807, 2.05) is 0 Å². The molecular formula is C15H20O7. The third-order valence-corrected chi connectivity index (χ3v) is 6.12. The molecule has 1 unspecified atom stereocenters. The van der Waals surface area contributed by atoms with Crippen LogP contribution in [0.5, 0.6) is 0 Å². The zero-order chi connectivity index (χ0) is 16.2. The van der Waals surface area contributed by atoms with Gasteiger partial charge in [-0.3, -0.25) is 0 Å². The molecule has 122 valence electrons. The van der Waals surface area contributed by atoms with E-state index in [1.165, 1.54) is 13.8 Å². The van der Waals surface area contributed by atoms with Crippen molar-refractivity contribution < 1.29 is 34.7 Å². The fraction of sp³-hybridized carbons (Fsp3) is 0.800. The van der Waals surface area contributed by atoms with E-state index in [9.17, 15) is 25.2 Å². The van der Waals surface area contributed by atoms with Gasteiger partial charge in [-0.2, -0.15) is 0 Å². The van der Waals surface area contributed by atoms with Crippen LogP contribution in [0.1, 0.15) is 20.3 Å². The largest absolute Gasteiger partial charge is 0.458 e. The number of epoxide rings is 1. The van der Waals surface area contributed by atoms with Crippen molar-refractivity contribution in [3.05, 3.63) is 12.2 Å². The molecular weight excluding hydrogens is 292 g/mol. The van der Waals surface area contributed by atoms with Gasteiger partial charge in [0.15, 0.2) is 0 Å². The lowest BCUT2D eigenvalue weighted by molar-refractivity contribution is -0.178. The number of carbonyl (C=O) groups is 1. The summed E-state index contributed by atoms with van der Waals surface area (Å²) in [5, 5.41) is 42.4. The van der Waals surface area contributed by atoms with Crippen molar-refractivity contribution in [3.8, 4) is 0 Å². The molecule has 2 saturated carbocycles. The molecule has 0 bridgehead atoms. The van der Waals surface area contributed by atoms with E-state index in [0.29, 0.717) is 0 Å². The van der Waals surface area contributed by atoms with Crippen LogP contribution in [0.15, 0.2) is 12.2 Å². The Balaban J connectivity index is 1.90. The van der Waals surface area contributed by atoms with Crippen molar-refractivity contribution in [3.63, 3.8) is 0 Å². The Morgan fingerprint density at radius 1 is 1.27 bits per heavy atom. The van der Waals surface area contributed by atoms with Gasteiger partial charge in [-0.25, -0.2) is 4.79 Å². The SMILES string of the molecule is C=C1C(=O)O[C@H]2C3[C@]4(O[C@H]4[C@@H](O)[C@]3(C)O)[C@@](C)(O)C[C@H](O)[C@H]12. The van der Waals surface area contributed by atoms with Gasteiger partial charge in [-0.1, -0.05) is 6.58 Å². The van der Waals surface area contributed by atoms with Crippen molar-refractivity contribution in [2.45, 2.75) is 61.5 Å². The van der Waals surface area contributed by atoms with Crippen molar-refractivity contribution in [2.24, 2.45) is 11.8 Å². The second-order valence-electron chi connectivity index (χ2n) is 7.45. The van der Waals surface area contributed by atoms with Gasteiger partial charge in [-0.15, -0.1) is 0 Å². The van der Waals surface area contributed by atoms with E-state index in [2.05, 4.69) is 6.58 Å². The molecule has 7 nitrogen and oxygen atoms in total. The highest BCUT2D eigenvalue weighted by Gasteiger charge is 2.86. The van der Waals surface area contributed by atoms with Gasteiger partial charge < -0.3 is 29.9 Å². The van der Waals surface area contributed by atoms with Gasteiger partial charge in [-0.05, 0) is 13.8 Å². The molecule has 22 heavy (non-hydrogen) atoms. The van der Waals surface area contributed by atoms with E-state index in [-0.39, 0.29) is 12.0 Å². The van der Waals surface area contributed by atoms with Crippen LogP contribution in [0.4, 0.5) is 0 Å². The van der Waals surface area contributed by atoms with Gasteiger partial charge >= 0.3 is 5.97 Å². The lowest BCUT2D eigenvalue weighted by Gasteiger charge is -2.40. The Hall–Kier alpha value is -0.990. The van der Waals surface area contributed by atoms with Crippen molar-refractivity contribution >= 4 is 5.97 Å². The maximum absolute atomic E-state index is 11.9. The summed E-state index contributed by atoms with van der Waals surface area (Å²) in [5.41, 5.74) is -4.19. The summed E-state index contributed by atoms with van der Waals surface area (Å²) in [6, 6.07) is 0. The number of esters is 1. The molecule has 0 aromatic carbocycles. The van der Waals surface area contributed by atoms with Crippen LogP contribution in [0.2, 0.25) is 0 Å². The topological polar surface area (TPSA) is 120 Å². The molecule has 2 heterocycles. The number of rotatable bonds is 0. The van der Waals surface area contributed by atoms with Crippen LogP contribution in [0.25, 0.3) is 0 Å². The highest BCUT2D eigenvalue weighted by molar-refractivity contribution is 5.91. The normalized spacial score (nSPS) is 62.8. The zero-order valence-corrected chi connectivity index (χ0v) is 12.4. The van der Waals surface area contributed by atoms with E-state index in [0.717, 1.165) is 0 Å². The van der Waals surface area contributed by atoms with Crippen molar-refractivity contribution in [1.29, 1.82) is 0 Å². The minimum atomic E-state index is -1.61. The second kappa shape index (κ2) is 3.73. The van der Waals surface area contributed by atoms with Gasteiger partial charge in [0.25, 0.3) is 0 Å². The summed E-state index contributed by atoms with van der Waals surface area (Å²) < 4.78 is 11.0. The average Bonchev–Trinajstić information content (AvgIpc) is 3.02. The standard InChI is InChI=1S/C15H20O7/c1-5-7-6(16)4-13(2,19)15-9(8(7)21-12(5)18)14(3,20)10(17)11(15)22-15/h6-11,16-17,19-20H,1,4H2,2-3H3/t6-,7-,8+,9?,10+,11-,13-,14+,15+/m0/s1. The highest BCUT2D eigenvalue weighted by Crippen LogP contribution is 2.68. The van der Waals surface area contributed by atoms with Gasteiger partial charge in [0.1, 0.15) is 23.9 Å². The molecule has 2 aliphatic heterocycles. The van der Waals surface area contributed by atoms with E-state index in [1.54, 1.807) is 0 Å². The molecule has 9 atom stereocenters. The molecule has 0 aromatic rings. The summed E-state index contributed by atoms with van der Waals surface area (Å²) >= 11 is 0. The predicted molar refractivity (Wildman–Crippen MR) is 71.5 cm³/mol. The lowest BCUT2D eigenvalue weighted by atomic mass is 9.73. The molecule has 0 radical (unpaired) electrons. The van der Waals surface area contributed by atoms with Crippen molar-refractivity contribution in [1.82, 2.24) is 0 Å². The number of ether oxygens (including phenoxy) is 2. The predicted octanol–water partition coefficient (Wildman–Crippen LogP) is -1.52. The maximum atomic E-state index is 11.9. The highest BCUT2D eigenvalue weighted by atomic mass is 16.7. The number of aliphatic hydroxyl groups is 4. The summed E-state index contributed by atoms with van der Waals surface area (Å²) in [6.07, 6.45) is -3.94. The third-order valence-electron chi connectivity index (χ3n) is 6.12. The third kappa shape index (κ3) is 1.33. The Labute approximate surface area is 127 Å². The first kappa shape index (κ1) is 14.6. The molecule has 2 saturated heterocycles. The average molecular weight is 312 g/mol. The summed E-state index contributed by atoms with van der Waals surface area (Å²) in [4.78, 5) is 11.9. The second-order valence-corrected chi connectivity index (χ2v) is 7.45. The van der Waals surface area contributed by atoms with E-state index < -0.39 is 59.0 Å². The Bertz CT molecular complexity index is 582. The van der Waals surface area contributed by atoms with Gasteiger partial charge in [0.2, 0.25) is 0 Å². The summed E-state index contributed by atoms with van der Waals surface area (Å²) in [7, 11) is 0. The fourth-order valence-corrected chi connectivity index (χ4v) is 5.02. The van der Waals surface area contributed by atoms with E-state index in [4.69, 9.17) is 9.47 Å². The minimum Gasteiger partial charge on any atom is -0.458 e. The molecule has 0 aromatic heterocycles. The smallest absolute Gasteiger partial charge is 0.334 e. The van der Waals surface area contributed by atoms with Crippen LogP contribution < -0.4 is 0 Å². The number of carbonyl (C=O) groups excluding carboxylic acids is 1. The van der Waals surface area contributed by atoms with Gasteiger partial charge in [0.05, 0.1) is 29.1 Å². The number of fused-ring (bicyclic) bond motifs is 2. The van der Waals surface area contributed by atoms with Crippen LogP contribution in [0, 0.1) is 11.8 Å². The molecule has 4 rings (SSSR count). The Kier molecular flexibility index (Phi) is 2.48. The molecule has 4 N–H and O–H groups in total. The molecule has 4 fully saturated rings. The zero-order valence-electron chi connectivity index (χ0n) is 12.4. The van der Waals surface area contributed by atoms with Gasteiger partial charge in [0, 0.05) is 12.0 Å². The van der Waals surface area contributed by atoms with Crippen LogP contribution in [-0.2, 0) is 14.3 Å². The first-order chi connectivity index (χ1) is 10.1. The van der Waals surface area contributed by atoms with E-state index >= 15 is 0 Å². The molecule has 1 spiro atoms. The monoisotopic (exact) mass is 312 g/mol.